The van der Waals surface area contributed by atoms with E-state index >= 15 is 0 Å². The number of nitrogens with zero attached hydrogens (tertiary/aromatic N) is 2. The predicted octanol–water partition coefficient (Wildman–Crippen LogP) is 0.536. The zero-order valence-electron chi connectivity index (χ0n) is 12.4. The average molecular weight is 281 g/mol. The van der Waals surface area contributed by atoms with Crippen LogP contribution in [0.5, 0.6) is 0 Å². The van der Waals surface area contributed by atoms with Crippen molar-refractivity contribution in [3.05, 3.63) is 29.6 Å². The summed E-state index contributed by atoms with van der Waals surface area (Å²) in [5.41, 5.74) is 1.34. The maximum Gasteiger partial charge on any atom is 0.339 e. The zero-order chi connectivity index (χ0) is 14.8. The van der Waals surface area contributed by atoms with Crippen LogP contribution < -0.4 is 5.32 Å². The molecule has 6 heteroatoms. The van der Waals surface area contributed by atoms with Gasteiger partial charge in [-0.05, 0) is 26.2 Å². The fourth-order valence-electron chi connectivity index (χ4n) is 1.48. The largest absolute Gasteiger partial charge is 0.465 e. The first-order valence-electron chi connectivity index (χ1n) is 6.60. The van der Waals surface area contributed by atoms with Crippen molar-refractivity contribution in [2.24, 2.45) is 0 Å². The van der Waals surface area contributed by atoms with Crippen LogP contribution in [0.2, 0.25) is 0 Å². The van der Waals surface area contributed by atoms with Crippen molar-refractivity contribution < 1.29 is 14.3 Å². The minimum Gasteiger partial charge on any atom is -0.465 e. The van der Waals surface area contributed by atoms with Crippen LogP contribution >= 0.6 is 0 Å². The molecule has 6 nitrogen and oxygen atoms in total. The summed E-state index contributed by atoms with van der Waals surface area (Å²) >= 11 is 0. The summed E-state index contributed by atoms with van der Waals surface area (Å²) in [6.45, 7) is 3.76. The molecule has 1 aromatic heterocycles. The van der Waals surface area contributed by atoms with Crippen LogP contribution in [0.4, 0.5) is 0 Å². The molecular weight excluding hydrogens is 258 g/mol. The van der Waals surface area contributed by atoms with Gasteiger partial charge in [0, 0.05) is 25.8 Å². The molecule has 0 fully saturated rings. The van der Waals surface area contributed by atoms with Gasteiger partial charge in [0.2, 0.25) is 0 Å². The van der Waals surface area contributed by atoms with Gasteiger partial charge in [-0.15, -0.1) is 0 Å². The number of pyridine rings is 1. The summed E-state index contributed by atoms with van der Waals surface area (Å²) in [7, 11) is 5.39. The fraction of sp³-hybridized carbons (Fsp3) is 0.571. The molecule has 0 unspecified atom stereocenters. The number of aromatic nitrogens is 1. The molecule has 0 aliphatic heterocycles. The van der Waals surface area contributed by atoms with Gasteiger partial charge in [-0.1, -0.05) is 0 Å². The second-order valence-corrected chi connectivity index (χ2v) is 4.62. The van der Waals surface area contributed by atoms with Gasteiger partial charge in [0.1, 0.15) is 0 Å². The summed E-state index contributed by atoms with van der Waals surface area (Å²) < 4.78 is 10.1. The number of carbonyl (C=O) groups is 1. The van der Waals surface area contributed by atoms with Crippen molar-refractivity contribution in [2.45, 2.75) is 6.54 Å². The van der Waals surface area contributed by atoms with Crippen molar-refractivity contribution in [1.29, 1.82) is 0 Å². The standard InChI is InChI=1S/C14H23N3O3/c1-17(2)7-9-20-8-6-15-11-13-5-4-12(10-16-13)14(18)19-3/h4-5,10,15H,6-9,11H2,1-3H3. The summed E-state index contributed by atoms with van der Waals surface area (Å²) in [6.07, 6.45) is 1.52. The fourth-order valence-corrected chi connectivity index (χ4v) is 1.48. The molecule has 1 rings (SSSR count). The molecule has 0 saturated carbocycles. The molecule has 1 heterocycles. The topological polar surface area (TPSA) is 63.7 Å². The molecule has 112 valence electrons. The monoisotopic (exact) mass is 281 g/mol. The molecule has 0 spiro atoms. The first kappa shape index (κ1) is 16.6. The number of carbonyl (C=O) groups excluding carboxylic acids is 1. The summed E-state index contributed by atoms with van der Waals surface area (Å²) in [6, 6.07) is 3.52. The number of ether oxygens (including phenoxy) is 2. The van der Waals surface area contributed by atoms with Gasteiger partial charge in [-0.25, -0.2) is 4.79 Å². The molecule has 1 aromatic rings. The van der Waals surface area contributed by atoms with E-state index in [0.29, 0.717) is 18.7 Å². The minimum atomic E-state index is -0.369. The molecule has 20 heavy (non-hydrogen) atoms. The lowest BCUT2D eigenvalue weighted by molar-refractivity contribution is 0.0600. The number of hydrogen-bond donors (Lipinski definition) is 1. The van der Waals surface area contributed by atoms with Gasteiger partial charge in [-0.3, -0.25) is 4.98 Å². The van der Waals surface area contributed by atoms with Gasteiger partial charge in [-0.2, -0.15) is 0 Å². The number of methoxy groups -OCH3 is 1. The van der Waals surface area contributed by atoms with E-state index in [-0.39, 0.29) is 5.97 Å². The number of hydrogen-bond acceptors (Lipinski definition) is 6. The van der Waals surface area contributed by atoms with Crippen molar-refractivity contribution in [3.8, 4) is 0 Å². The van der Waals surface area contributed by atoms with Crippen LogP contribution in [0, 0.1) is 0 Å². The summed E-state index contributed by atoms with van der Waals surface area (Å²) in [4.78, 5) is 17.5. The predicted molar refractivity (Wildman–Crippen MR) is 76.7 cm³/mol. The molecule has 0 atom stereocenters. The highest BCUT2D eigenvalue weighted by Gasteiger charge is 2.04. The number of esters is 1. The molecule has 0 aliphatic carbocycles. The van der Waals surface area contributed by atoms with Gasteiger partial charge in [0.15, 0.2) is 0 Å². The molecule has 0 bridgehead atoms. The Bertz CT molecular complexity index is 393. The lowest BCUT2D eigenvalue weighted by Gasteiger charge is -2.10. The van der Waals surface area contributed by atoms with Gasteiger partial charge in [0.25, 0.3) is 0 Å². The van der Waals surface area contributed by atoms with Crippen LogP contribution in [0.15, 0.2) is 18.3 Å². The average Bonchev–Trinajstić information content (AvgIpc) is 2.45. The van der Waals surface area contributed by atoms with E-state index in [1.807, 2.05) is 20.2 Å². The van der Waals surface area contributed by atoms with Crippen LogP contribution in [0.1, 0.15) is 16.1 Å². The van der Waals surface area contributed by atoms with Crippen molar-refractivity contribution in [2.75, 3.05) is 47.5 Å². The Morgan fingerprint density at radius 3 is 2.75 bits per heavy atom. The van der Waals surface area contributed by atoms with Crippen LogP contribution in [0.25, 0.3) is 0 Å². The third-order valence-corrected chi connectivity index (χ3v) is 2.66. The molecule has 0 aliphatic rings. The Labute approximate surface area is 120 Å². The molecule has 0 saturated heterocycles. The van der Waals surface area contributed by atoms with Crippen LogP contribution in [0.3, 0.4) is 0 Å². The SMILES string of the molecule is COC(=O)c1ccc(CNCCOCCN(C)C)nc1. The van der Waals surface area contributed by atoms with E-state index in [0.717, 1.165) is 25.4 Å². The Hall–Kier alpha value is -1.50. The van der Waals surface area contributed by atoms with Gasteiger partial charge < -0.3 is 19.7 Å². The zero-order valence-corrected chi connectivity index (χ0v) is 12.4. The van der Waals surface area contributed by atoms with Crippen LogP contribution in [-0.2, 0) is 16.0 Å². The third kappa shape index (κ3) is 6.60. The van der Waals surface area contributed by atoms with E-state index < -0.39 is 0 Å². The third-order valence-electron chi connectivity index (χ3n) is 2.66. The number of nitrogens with one attached hydrogen (secondary N) is 1. The highest BCUT2D eigenvalue weighted by Crippen LogP contribution is 2.01. The maximum absolute atomic E-state index is 11.2. The van der Waals surface area contributed by atoms with Crippen molar-refractivity contribution in [1.82, 2.24) is 15.2 Å². The number of likely N-dealkylation sites (N-methyl/N-ethyl adjacent to an activating group) is 1. The molecule has 0 radical (unpaired) electrons. The van der Waals surface area contributed by atoms with Crippen molar-refractivity contribution >= 4 is 5.97 Å². The number of rotatable bonds is 9. The normalized spacial score (nSPS) is 10.8. The highest BCUT2D eigenvalue weighted by atomic mass is 16.5. The molecule has 0 amide bonds. The van der Waals surface area contributed by atoms with E-state index in [4.69, 9.17) is 4.74 Å². The Morgan fingerprint density at radius 2 is 2.15 bits per heavy atom. The first-order chi connectivity index (χ1) is 9.63. The Kier molecular flexibility index (Phi) is 7.79. The second kappa shape index (κ2) is 9.41. The van der Waals surface area contributed by atoms with Crippen LogP contribution in [-0.4, -0.2) is 63.4 Å². The lowest BCUT2D eigenvalue weighted by Crippen LogP contribution is -2.23. The van der Waals surface area contributed by atoms with Gasteiger partial charge in [0.05, 0.1) is 31.6 Å². The second-order valence-electron chi connectivity index (χ2n) is 4.62. The molecule has 0 aromatic carbocycles. The minimum absolute atomic E-state index is 0.369. The Balaban J connectivity index is 2.14. The lowest BCUT2D eigenvalue weighted by atomic mass is 10.2. The maximum atomic E-state index is 11.2. The summed E-state index contributed by atoms with van der Waals surface area (Å²) in [5, 5.41) is 3.24. The van der Waals surface area contributed by atoms with Crippen molar-refractivity contribution in [3.63, 3.8) is 0 Å². The van der Waals surface area contributed by atoms with Gasteiger partial charge >= 0.3 is 5.97 Å². The van der Waals surface area contributed by atoms with E-state index in [9.17, 15) is 4.79 Å². The van der Waals surface area contributed by atoms with E-state index in [1.165, 1.54) is 13.3 Å². The molecule has 1 N–H and O–H groups in total. The first-order valence-corrected chi connectivity index (χ1v) is 6.60. The molecular formula is C14H23N3O3. The quantitative estimate of drug-likeness (QED) is 0.526. The smallest absolute Gasteiger partial charge is 0.339 e. The summed E-state index contributed by atoms with van der Waals surface area (Å²) in [5.74, 6) is -0.369. The van der Waals surface area contributed by atoms with E-state index in [2.05, 4.69) is 19.9 Å². The van der Waals surface area contributed by atoms with E-state index in [1.54, 1.807) is 6.07 Å². The highest BCUT2D eigenvalue weighted by molar-refractivity contribution is 5.88. The Morgan fingerprint density at radius 1 is 1.35 bits per heavy atom.